The molecule has 0 bridgehead atoms. The lowest BCUT2D eigenvalue weighted by molar-refractivity contribution is -0.133. The van der Waals surface area contributed by atoms with Crippen LogP contribution in [0, 0.1) is 11.8 Å². The molecule has 2 saturated heterocycles. The van der Waals surface area contributed by atoms with Crippen molar-refractivity contribution in [1.29, 1.82) is 0 Å². The lowest BCUT2D eigenvalue weighted by Crippen LogP contribution is -2.41. The molecule has 0 spiro atoms. The average Bonchev–Trinajstić information content (AvgIpc) is 3.03. The number of benzene rings is 1. The molecule has 1 aliphatic carbocycles. The van der Waals surface area contributed by atoms with Crippen LogP contribution in [0.15, 0.2) is 33.3 Å². The number of carbonyl (C=O) groups is 1. The minimum Gasteiger partial charge on any atom is -0.343 e. The van der Waals surface area contributed by atoms with Gasteiger partial charge >= 0.3 is 0 Å². The van der Waals surface area contributed by atoms with E-state index in [0.29, 0.717) is 24.2 Å². The van der Waals surface area contributed by atoms with Gasteiger partial charge in [-0.05, 0) is 114 Å². The molecule has 0 radical (unpaired) electrons. The number of nitrogens with zero attached hydrogens (tertiary/aromatic N) is 2. The predicted molar refractivity (Wildman–Crippen MR) is 151 cm³/mol. The van der Waals surface area contributed by atoms with Crippen LogP contribution in [-0.4, -0.2) is 42.0 Å². The molecule has 1 unspecified atom stereocenters. The number of halogens is 3. The first-order chi connectivity index (χ1) is 17.0. The van der Waals surface area contributed by atoms with E-state index in [9.17, 15) is 4.79 Å². The molecule has 1 N–H and O–H groups in total. The molecular formula is C28H36Br2ClN3O. The molecule has 1 atom stereocenters. The summed E-state index contributed by atoms with van der Waals surface area (Å²) in [6, 6.07) is 6.39. The molecule has 1 aromatic carbocycles. The van der Waals surface area contributed by atoms with E-state index in [1.54, 1.807) is 0 Å². The van der Waals surface area contributed by atoms with E-state index in [2.05, 4.69) is 54.2 Å². The fourth-order valence-corrected chi connectivity index (χ4v) is 7.47. The van der Waals surface area contributed by atoms with Crippen LogP contribution in [0.1, 0.15) is 74.3 Å². The monoisotopic (exact) mass is 623 g/mol. The van der Waals surface area contributed by atoms with Crippen molar-refractivity contribution in [2.75, 3.05) is 26.2 Å². The van der Waals surface area contributed by atoms with Crippen LogP contribution in [0.25, 0.3) is 0 Å². The van der Waals surface area contributed by atoms with Crippen LogP contribution in [0.3, 0.4) is 0 Å². The summed E-state index contributed by atoms with van der Waals surface area (Å²) >= 11 is 13.9. The smallest absolute Gasteiger partial charge is 0.222 e. The zero-order valence-electron chi connectivity index (χ0n) is 20.8. The summed E-state index contributed by atoms with van der Waals surface area (Å²) in [6.07, 6.45) is 8.82. The number of piperidine rings is 2. The van der Waals surface area contributed by atoms with Crippen molar-refractivity contribution in [1.82, 2.24) is 15.2 Å². The van der Waals surface area contributed by atoms with Crippen LogP contribution in [0.4, 0.5) is 0 Å². The van der Waals surface area contributed by atoms with Gasteiger partial charge in [-0.15, -0.1) is 0 Å². The fourth-order valence-electron chi connectivity index (χ4n) is 5.97. The first-order valence-corrected chi connectivity index (χ1v) is 15.1. The van der Waals surface area contributed by atoms with E-state index in [1.807, 2.05) is 26.1 Å². The number of aromatic nitrogens is 1. The van der Waals surface area contributed by atoms with Crippen molar-refractivity contribution in [3.8, 4) is 0 Å². The van der Waals surface area contributed by atoms with Crippen LogP contribution in [0.2, 0.25) is 5.02 Å². The molecule has 2 aromatic rings. The van der Waals surface area contributed by atoms with Gasteiger partial charge in [0, 0.05) is 45.6 Å². The number of hydrogen-bond donors (Lipinski definition) is 1. The topological polar surface area (TPSA) is 45.2 Å². The number of fused-ring (bicyclic) bond motifs is 2. The highest BCUT2D eigenvalue weighted by atomic mass is 79.9. The maximum atomic E-state index is 13.0. The van der Waals surface area contributed by atoms with Crippen molar-refractivity contribution in [2.45, 2.75) is 64.7 Å². The molecule has 7 heteroatoms. The summed E-state index contributed by atoms with van der Waals surface area (Å²) in [4.78, 5) is 20.1. The third-order valence-electron chi connectivity index (χ3n) is 7.70. The SMILES string of the molecule is CC.O=C(CC1CCNCC1)N1CCC(C2c3ncc(Br)cc3CCc3cc(Cl)cc(Br)c32)CC1. The highest BCUT2D eigenvalue weighted by Gasteiger charge is 2.36. The Bertz CT molecular complexity index is 1030. The summed E-state index contributed by atoms with van der Waals surface area (Å²) < 4.78 is 2.11. The number of nitrogens with one attached hydrogen (secondary N) is 1. The number of hydrogen-bond acceptors (Lipinski definition) is 3. The Balaban J connectivity index is 0.00000141. The second kappa shape index (κ2) is 12.5. The third-order valence-corrected chi connectivity index (χ3v) is 9.01. The Kier molecular flexibility index (Phi) is 9.70. The summed E-state index contributed by atoms with van der Waals surface area (Å²) in [5.41, 5.74) is 5.17. The second-order valence-electron chi connectivity index (χ2n) is 9.75. The van der Waals surface area contributed by atoms with Crippen molar-refractivity contribution in [2.24, 2.45) is 11.8 Å². The van der Waals surface area contributed by atoms with Crippen molar-refractivity contribution >= 4 is 49.4 Å². The maximum absolute atomic E-state index is 13.0. The number of likely N-dealkylation sites (tertiary alicyclic amines) is 1. The second-order valence-corrected chi connectivity index (χ2v) is 12.0. The number of amides is 1. The van der Waals surface area contributed by atoms with Gasteiger partial charge in [-0.1, -0.05) is 41.4 Å². The standard InChI is InChI=1S/C26H30Br2ClN3O.C2H6/c27-20-12-19-2-1-18-13-21(29)14-22(28)24(18)25(26(19)31-15-20)17-5-9-32(10-6-17)23(33)11-16-3-7-30-8-4-16;1-2/h12-17,25,30H,1-11H2;1-2H3. The fraction of sp³-hybridized carbons (Fsp3) is 0.571. The highest BCUT2D eigenvalue weighted by Crippen LogP contribution is 2.46. The van der Waals surface area contributed by atoms with Gasteiger partial charge in [0.1, 0.15) is 0 Å². The van der Waals surface area contributed by atoms with Gasteiger partial charge in [-0.25, -0.2) is 0 Å². The normalized spacial score (nSPS) is 20.8. The first kappa shape index (κ1) is 27.1. The summed E-state index contributed by atoms with van der Waals surface area (Å²) in [7, 11) is 0. The molecule has 5 rings (SSSR count). The molecule has 35 heavy (non-hydrogen) atoms. The summed E-state index contributed by atoms with van der Waals surface area (Å²) in [6.45, 7) is 7.78. The summed E-state index contributed by atoms with van der Waals surface area (Å²) in [5.74, 6) is 1.56. The van der Waals surface area contributed by atoms with Crippen LogP contribution >= 0.6 is 43.5 Å². The Morgan fingerprint density at radius 2 is 1.74 bits per heavy atom. The van der Waals surface area contributed by atoms with Gasteiger partial charge in [-0.2, -0.15) is 0 Å². The Labute approximate surface area is 231 Å². The van der Waals surface area contributed by atoms with Crippen LogP contribution < -0.4 is 5.32 Å². The highest BCUT2D eigenvalue weighted by molar-refractivity contribution is 9.10. The van der Waals surface area contributed by atoms with E-state index in [1.165, 1.54) is 22.4 Å². The molecule has 190 valence electrons. The quantitative estimate of drug-likeness (QED) is 0.394. The van der Waals surface area contributed by atoms with E-state index < -0.39 is 0 Å². The minimum atomic E-state index is 0.221. The minimum absolute atomic E-state index is 0.221. The van der Waals surface area contributed by atoms with Gasteiger partial charge in [0.2, 0.25) is 5.91 Å². The number of aryl methyl sites for hydroxylation is 2. The zero-order chi connectivity index (χ0) is 24.9. The number of rotatable bonds is 3. The van der Waals surface area contributed by atoms with Crippen molar-refractivity contribution in [3.63, 3.8) is 0 Å². The largest absolute Gasteiger partial charge is 0.343 e. The van der Waals surface area contributed by atoms with Gasteiger partial charge in [0.25, 0.3) is 0 Å². The predicted octanol–water partition coefficient (Wildman–Crippen LogP) is 7.15. The molecule has 0 saturated carbocycles. The van der Waals surface area contributed by atoms with Crippen molar-refractivity contribution < 1.29 is 4.79 Å². The van der Waals surface area contributed by atoms with Crippen LogP contribution in [-0.2, 0) is 17.6 Å². The van der Waals surface area contributed by atoms with Gasteiger partial charge in [0.05, 0.1) is 5.69 Å². The van der Waals surface area contributed by atoms with E-state index in [0.717, 1.165) is 78.7 Å². The molecule has 3 heterocycles. The lowest BCUT2D eigenvalue weighted by Gasteiger charge is -2.37. The van der Waals surface area contributed by atoms with Gasteiger partial charge < -0.3 is 10.2 Å². The molecule has 1 amide bonds. The Morgan fingerprint density at radius 3 is 2.46 bits per heavy atom. The molecule has 1 aromatic heterocycles. The summed E-state index contributed by atoms with van der Waals surface area (Å²) in [5, 5.41) is 4.17. The lowest BCUT2D eigenvalue weighted by atomic mass is 9.76. The number of pyridine rings is 1. The van der Waals surface area contributed by atoms with Gasteiger partial charge in [-0.3, -0.25) is 9.78 Å². The molecule has 3 aliphatic rings. The number of carbonyl (C=O) groups excluding carboxylic acids is 1. The zero-order valence-corrected chi connectivity index (χ0v) is 24.7. The van der Waals surface area contributed by atoms with Crippen LogP contribution in [0.5, 0.6) is 0 Å². The first-order valence-electron chi connectivity index (χ1n) is 13.1. The van der Waals surface area contributed by atoms with Gasteiger partial charge in [0.15, 0.2) is 0 Å². The molecule has 2 fully saturated rings. The molecular weight excluding hydrogens is 590 g/mol. The third kappa shape index (κ3) is 6.31. The van der Waals surface area contributed by atoms with E-state index >= 15 is 0 Å². The van der Waals surface area contributed by atoms with E-state index in [4.69, 9.17) is 16.6 Å². The van der Waals surface area contributed by atoms with Crippen molar-refractivity contribution in [3.05, 3.63) is 60.7 Å². The molecule has 4 nitrogen and oxygen atoms in total. The average molecular weight is 626 g/mol. The maximum Gasteiger partial charge on any atom is 0.222 e. The van der Waals surface area contributed by atoms with E-state index in [-0.39, 0.29) is 5.92 Å². The molecule has 2 aliphatic heterocycles. The Hall–Kier alpha value is -0.950. The Morgan fingerprint density at radius 1 is 1.06 bits per heavy atom.